The van der Waals surface area contributed by atoms with Crippen LogP contribution >= 0.6 is 11.6 Å². The Bertz CT molecular complexity index is 741. The molecule has 0 aliphatic carbocycles. The summed E-state index contributed by atoms with van der Waals surface area (Å²) in [5, 5.41) is 0.618. The van der Waals surface area contributed by atoms with E-state index in [2.05, 4.69) is 17.0 Å². The first-order valence-electron chi connectivity index (χ1n) is 8.59. The van der Waals surface area contributed by atoms with Crippen molar-refractivity contribution in [2.24, 2.45) is 0 Å². The summed E-state index contributed by atoms with van der Waals surface area (Å²) in [5.41, 5.74) is 1.97. The first kappa shape index (κ1) is 18.3. The number of nitrogens with zero attached hydrogens (tertiary/aromatic N) is 2. The molecule has 0 atom stereocenters. The summed E-state index contributed by atoms with van der Waals surface area (Å²) in [6, 6.07) is 17.1. The zero-order valence-corrected chi connectivity index (χ0v) is 15.2. The third-order valence-electron chi connectivity index (χ3n) is 4.37. The van der Waals surface area contributed by atoms with Crippen molar-refractivity contribution in [2.75, 3.05) is 37.7 Å². The van der Waals surface area contributed by atoms with Gasteiger partial charge in [-0.3, -0.25) is 9.59 Å². The molecule has 1 aliphatic rings. The van der Waals surface area contributed by atoms with Crippen molar-refractivity contribution < 1.29 is 14.3 Å². The molecule has 136 valence electrons. The Kier molecular flexibility index (Phi) is 6.12. The lowest BCUT2D eigenvalue weighted by molar-refractivity contribution is -0.151. The van der Waals surface area contributed by atoms with E-state index in [4.69, 9.17) is 16.3 Å². The van der Waals surface area contributed by atoms with Gasteiger partial charge in [0.1, 0.15) is 0 Å². The third-order valence-corrected chi connectivity index (χ3v) is 4.62. The molecule has 3 rings (SSSR count). The number of hydrogen-bond donors (Lipinski definition) is 0. The predicted molar refractivity (Wildman–Crippen MR) is 101 cm³/mol. The van der Waals surface area contributed by atoms with Gasteiger partial charge in [0.15, 0.2) is 6.61 Å². The van der Waals surface area contributed by atoms with Gasteiger partial charge in [-0.25, -0.2) is 0 Å². The van der Waals surface area contributed by atoms with Crippen molar-refractivity contribution in [3.63, 3.8) is 0 Å². The molecule has 0 bridgehead atoms. The van der Waals surface area contributed by atoms with Crippen molar-refractivity contribution in [3.8, 4) is 0 Å². The normalized spacial score (nSPS) is 14.2. The zero-order chi connectivity index (χ0) is 18.4. The summed E-state index contributed by atoms with van der Waals surface area (Å²) >= 11 is 5.82. The van der Waals surface area contributed by atoms with Crippen LogP contribution in [0.25, 0.3) is 0 Å². The number of anilines is 1. The van der Waals surface area contributed by atoms with Gasteiger partial charge < -0.3 is 14.5 Å². The number of piperazine rings is 1. The predicted octanol–water partition coefficient (Wildman–Crippen LogP) is 2.77. The Balaban J connectivity index is 1.41. The van der Waals surface area contributed by atoms with Crippen molar-refractivity contribution in [1.29, 1.82) is 0 Å². The van der Waals surface area contributed by atoms with Gasteiger partial charge in [-0.15, -0.1) is 0 Å². The number of para-hydroxylation sites is 1. The van der Waals surface area contributed by atoms with E-state index < -0.39 is 5.97 Å². The highest BCUT2D eigenvalue weighted by atomic mass is 35.5. The molecule has 1 heterocycles. The number of amides is 1. The number of carbonyl (C=O) groups is 2. The maximum atomic E-state index is 12.3. The Morgan fingerprint density at radius 3 is 2.23 bits per heavy atom. The van der Waals surface area contributed by atoms with E-state index >= 15 is 0 Å². The fourth-order valence-electron chi connectivity index (χ4n) is 2.91. The smallest absolute Gasteiger partial charge is 0.310 e. The number of esters is 1. The van der Waals surface area contributed by atoms with Crippen LogP contribution in [0.1, 0.15) is 5.56 Å². The molecule has 1 aliphatic heterocycles. The third kappa shape index (κ3) is 4.99. The van der Waals surface area contributed by atoms with E-state index in [9.17, 15) is 9.59 Å². The van der Waals surface area contributed by atoms with Gasteiger partial charge in [0.25, 0.3) is 5.91 Å². The molecule has 6 heteroatoms. The maximum Gasteiger partial charge on any atom is 0.310 e. The average molecular weight is 373 g/mol. The van der Waals surface area contributed by atoms with Crippen LogP contribution < -0.4 is 4.90 Å². The van der Waals surface area contributed by atoms with Crippen LogP contribution in [0.3, 0.4) is 0 Å². The number of ether oxygens (including phenoxy) is 1. The SMILES string of the molecule is O=C(Cc1ccc(Cl)cc1)OCC(=O)N1CCN(c2ccccc2)CC1. The summed E-state index contributed by atoms with van der Waals surface area (Å²) < 4.78 is 5.13. The fraction of sp³-hybridized carbons (Fsp3) is 0.300. The number of halogens is 1. The molecule has 0 unspecified atom stereocenters. The van der Waals surface area contributed by atoms with Gasteiger partial charge in [0.2, 0.25) is 0 Å². The molecular weight excluding hydrogens is 352 g/mol. The Morgan fingerprint density at radius 1 is 0.923 bits per heavy atom. The van der Waals surface area contributed by atoms with E-state index in [0.717, 1.165) is 24.3 Å². The number of benzene rings is 2. The van der Waals surface area contributed by atoms with Gasteiger partial charge in [-0.05, 0) is 29.8 Å². The highest BCUT2D eigenvalue weighted by Gasteiger charge is 2.22. The molecule has 5 nitrogen and oxygen atoms in total. The highest BCUT2D eigenvalue weighted by molar-refractivity contribution is 6.30. The second-order valence-electron chi connectivity index (χ2n) is 6.17. The van der Waals surface area contributed by atoms with Crippen LogP contribution in [0.15, 0.2) is 54.6 Å². The lowest BCUT2D eigenvalue weighted by Gasteiger charge is -2.36. The molecule has 0 aromatic heterocycles. The summed E-state index contributed by atoms with van der Waals surface area (Å²) in [4.78, 5) is 28.1. The quantitative estimate of drug-likeness (QED) is 0.757. The molecule has 26 heavy (non-hydrogen) atoms. The minimum absolute atomic E-state index is 0.131. The molecule has 1 fully saturated rings. The number of carbonyl (C=O) groups excluding carboxylic acids is 2. The van der Waals surface area contributed by atoms with Crippen LogP contribution in [0.5, 0.6) is 0 Å². The van der Waals surface area contributed by atoms with Crippen molar-refractivity contribution in [1.82, 2.24) is 4.90 Å². The number of rotatable bonds is 5. The average Bonchev–Trinajstić information content (AvgIpc) is 2.69. The zero-order valence-electron chi connectivity index (χ0n) is 14.4. The van der Waals surface area contributed by atoms with Crippen molar-refractivity contribution in [3.05, 3.63) is 65.2 Å². The Hall–Kier alpha value is -2.53. The Labute approximate surface area is 158 Å². The molecule has 0 spiro atoms. The maximum absolute atomic E-state index is 12.3. The summed E-state index contributed by atoms with van der Waals surface area (Å²) in [5.74, 6) is -0.564. The Morgan fingerprint density at radius 2 is 1.58 bits per heavy atom. The van der Waals surface area contributed by atoms with E-state index in [1.165, 1.54) is 0 Å². The van der Waals surface area contributed by atoms with Crippen molar-refractivity contribution >= 4 is 29.2 Å². The van der Waals surface area contributed by atoms with E-state index in [-0.39, 0.29) is 18.9 Å². The highest BCUT2D eigenvalue weighted by Crippen LogP contribution is 2.15. The van der Waals surface area contributed by atoms with Crippen LogP contribution in [0, 0.1) is 0 Å². The van der Waals surface area contributed by atoms with E-state index in [1.807, 2.05) is 18.2 Å². The molecule has 0 saturated carbocycles. The van der Waals surface area contributed by atoms with E-state index in [1.54, 1.807) is 29.2 Å². The lowest BCUT2D eigenvalue weighted by atomic mass is 10.1. The van der Waals surface area contributed by atoms with Gasteiger partial charge >= 0.3 is 5.97 Å². The lowest BCUT2D eigenvalue weighted by Crippen LogP contribution is -2.49. The summed E-state index contributed by atoms with van der Waals surface area (Å²) in [7, 11) is 0. The fourth-order valence-corrected chi connectivity index (χ4v) is 3.03. The van der Waals surface area contributed by atoms with E-state index in [0.29, 0.717) is 18.1 Å². The molecule has 2 aromatic carbocycles. The number of hydrogen-bond acceptors (Lipinski definition) is 4. The molecule has 1 saturated heterocycles. The molecule has 2 aromatic rings. The molecule has 1 amide bonds. The molecule has 0 N–H and O–H groups in total. The summed E-state index contributed by atoms with van der Waals surface area (Å²) in [6.45, 7) is 2.59. The second kappa shape index (κ2) is 8.72. The minimum atomic E-state index is -0.413. The van der Waals surface area contributed by atoms with Crippen LogP contribution in [-0.2, 0) is 20.7 Å². The second-order valence-corrected chi connectivity index (χ2v) is 6.60. The first-order chi connectivity index (χ1) is 12.6. The van der Waals surface area contributed by atoms with Gasteiger partial charge in [-0.1, -0.05) is 41.9 Å². The van der Waals surface area contributed by atoms with Crippen LogP contribution in [0.2, 0.25) is 5.02 Å². The monoisotopic (exact) mass is 372 g/mol. The summed E-state index contributed by atoms with van der Waals surface area (Å²) in [6.07, 6.45) is 0.131. The van der Waals surface area contributed by atoms with Gasteiger partial charge in [0.05, 0.1) is 6.42 Å². The van der Waals surface area contributed by atoms with Crippen LogP contribution in [0.4, 0.5) is 5.69 Å². The largest absolute Gasteiger partial charge is 0.455 e. The molecule has 0 radical (unpaired) electrons. The standard InChI is InChI=1S/C20H21ClN2O3/c21-17-8-6-16(7-9-17)14-20(25)26-15-19(24)23-12-10-22(11-13-23)18-4-2-1-3-5-18/h1-9H,10-15H2. The minimum Gasteiger partial charge on any atom is -0.455 e. The van der Waals surface area contributed by atoms with Crippen molar-refractivity contribution in [2.45, 2.75) is 6.42 Å². The first-order valence-corrected chi connectivity index (χ1v) is 8.97. The topological polar surface area (TPSA) is 49.9 Å². The van der Waals surface area contributed by atoms with Crippen LogP contribution in [-0.4, -0.2) is 49.6 Å². The molecular formula is C20H21ClN2O3. The van der Waals surface area contributed by atoms with Gasteiger partial charge in [0, 0.05) is 36.9 Å². The van der Waals surface area contributed by atoms with Gasteiger partial charge in [-0.2, -0.15) is 0 Å².